The first-order chi connectivity index (χ1) is 17.9. The number of hydrogen-bond donors (Lipinski definition) is 1. The maximum absolute atomic E-state index is 13.5. The van der Waals surface area contributed by atoms with Gasteiger partial charge >= 0.3 is 0 Å². The largest absolute Gasteiger partial charge is 0.496 e. The monoisotopic (exact) mass is 506 g/mol. The van der Waals surface area contributed by atoms with Crippen molar-refractivity contribution in [1.29, 1.82) is 0 Å². The van der Waals surface area contributed by atoms with Crippen LogP contribution in [0.4, 0.5) is 0 Å². The van der Waals surface area contributed by atoms with Gasteiger partial charge in [-0.1, -0.05) is 44.5 Å². The summed E-state index contributed by atoms with van der Waals surface area (Å²) in [6.07, 6.45) is 5.41. The minimum atomic E-state index is -0.120. The van der Waals surface area contributed by atoms with Gasteiger partial charge in [0.05, 0.1) is 23.7 Å². The van der Waals surface area contributed by atoms with Gasteiger partial charge in [-0.25, -0.2) is 4.98 Å². The standard InChI is InChI=1S/C30H42N4O3/c1-6-22(3)34(23(4)7-2)29(35)21-33-26-17-12-11-16-25(26)32-28(33)19-9-8-14-20-31-30(36)24-15-10-13-18-27(24)37-5/h10-13,15-18,22-23H,6-9,14,19-21H2,1-5H3,(H,31,36). The molecule has 0 aliphatic carbocycles. The van der Waals surface area contributed by atoms with E-state index >= 15 is 0 Å². The first-order valence-electron chi connectivity index (χ1n) is 13.6. The molecule has 1 heterocycles. The molecule has 2 atom stereocenters. The van der Waals surface area contributed by atoms with Crippen molar-refractivity contribution in [3.8, 4) is 5.75 Å². The number of benzene rings is 2. The van der Waals surface area contributed by atoms with Crippen molar-refractivity contribution < 1.29 is 14.3 Å². The summed E-state index contributed by atoms with van der Waals surface area (Å²) in [5.74, 6) is 1.55. The summed E-state index contributed by atoms with van der Waals surface area (Å²) in [4.78, 5) is 32.9. The van der Waals surface area contributed by atoms with E-state index in [2.05, 4.69) is 37.6 Å². The number of ether oxygens (including phenoxy) is 1. The molecule has 0 fully saturated rings. The molecule has 7 nitrogen and oxygen atoms in total. The van der Waals surface area contributed by atoms with Crippen molar-refractivity contribution in [2.45, 2.75) is 84.8 Å². The quantitative estimate of drug-likeness (QED) is 0.288. The number of para-hydroxylation sites is 3. The zero-order valence-corrected chi connectivity index (χ0v) is 23.0. The number of unbranched alkanes of at least 4 members (excludes halogenated alkanes) is 2. The van der Waals surface area contributed by atoms with Crippen LogP contribution in [0.2, 0.25) is 0 Å². The van der Waals surface area contributed by atoms with Gasteiger partial charge in [0, 0.05) is 25.0 Å². The average molecular weight is 507 g/mol. The second kappa shape index (κ2) is 13.8. The Bertz CT molecular complexity index is 1160. The molecule has 3 aromatic rings. The lowest BCUT2D eigenvalue weighted by molar-refractivity contribution is -0.136. The van der Waals surface area contributed by atoms with Crippen molar-refractivity contribution in [2.24, 2.45) is 0 Å². The van der Waals surface area contributed by atoms with E-state index in [4.69, 9.17) is 9.72 Å². The highest BCUT2D eigenvalue weighted by Crippen LogP contribution is 2.21. The number of methoxy groups -OCH3 is 1. The Hall–Kier alpha value is -3.35. The molecule has 2 unspecified atom stereocenters. The summed E-state index contributed by atoms with van der Waals surface area (Å²) < 4.78 is 7.38. The van der Waals surface area contributed by atoms with Crippen molar-refractivity contribution >= 4 is 22.8 Å². The lowest BCUT2D eigenvalue weighted by Crippen LogP contribution is -2.45. The normalized spacial score (nSPS) is 12.8. The van der Waals surface area contributed by atoms with Gasteiger partial charge < -0.3 is 19.5 Å². The fourth-order valence-electron chi connectivity index (χ4n) is 4.74. The summed E-state index contributed by atoms with van der Waals surface area (Å²) in [5, 5.41) is 2.99. The van der Waals surface area contributed by atoms with E-state index in [-0.39, 0.29) is 23.9 Å². The summed E-state index contributed by atoms with van der Waals surface area (Å²) in [6.45, 7) is 9.42. The molecule has 0 saturated heterocycles. The van der Waals surface area contributed by atoms with Gasteiger partial charge in [0.15, 0.2) is 0 Å². The molecule has 0 saturated carbocycles. The van der Waals surface area contributed by atoms with Crippen molar-refractivity contribution in [2.75, 3.05) is 13.7 Å². The van der Waals surface area contributed by atoms with Crippen LogP contribution in [0.3, 0.4) is 0 Å². The molecule has 3 rings (SSSR count). The number of nitrogens with zero attached hydrogens (tertiary/aromatic N) is 3. The zero-order chi connectivity index (χ0) is 26.8. The Kier molecular flexibility index (Phi) is 10.5. The van der Waals surface area contributed by atoms with Crippen LogP contribution >= 0.6 is 0 Å². The first-order valence-corrected chi connectivity index (χ1v) is 13.6. The number of rotatable bonds is 14. The topological polar surface area (TPSA) is 76.5 Å². The SMILES string of the molecule is CCC(C)N(C(=O)Cn1c(CCCCCNC(=O)c2ccccc2OC)nc2ccccc21)C(C)CC. The van der Waals surface area contributed by atoms with E-state index in [1.807, 2.05) is 41.3 Å². The van der Waals surface area contributed by atoms with Crippen LogP contribution in [0.1, 0.15) is 76.0 Å². The molecule has 200 valence electrons. The number of aryl methyl sites for hydroxylation is 1. The lowest BCUT2D eigenvalue weighted by atomic mass is 10.1. The Balaban J connectivity index is 1.60. The predicted molar refractivity (Wildman–Crippen MR) is 149 cm³/mol. The Morgan fingerprint density at radius 2 is 1.65 bits per heavy atom. The van der Waals surface area contributed by atoms with E-state index < -0.39 is 0 Å². The molecule has 0 spiro atoms. The molecule has 2 amide bonds. The van der Waals surface area contributed by atoms with Crippen molar-refractivity contribution in [3.05, 3.63) is 59.9 Å². The molecule has 1 aromatic heterocycles. The molecule has 1 N–H and O–H groups in total. The number of carbonyl (C=O) groups excluding carboxylic acids is 2. The van der Waals surface area contributed by atoms with Crippen LogP contribution in [0.25, 0.3) is 11.0 Å². The summed E-state index contributed by atoms with van der Waals surface area (Å²) >= 11 is 0. The summed E-state index contributed by atoms with van der Waals surface area (Å²) in [7, 11) is 1.57. The molecule has 0 radical (unpaired) electrons. The maximum atomic E-state index is 13.5. The highest BCUT2D eigenvalue weighted by atomic mass is 16.5. The Morgan fingerprint density at radius 1 is 0.973 bits per heavy atom. The van der Waals surface area contributed by atoms with Gasteiger partial charge in [0.2, 0.25) is 5.91 Å². The van der Waals surface area contributed by atoms with E-state index in [1.165, 1.54) is 0 Å². The van der Waals surface area contributed by atoms with Crippen LogP contribution in [0.5, 0.6) is 5.75 Å². The molecular formula is C30H42N4O3. The molecule has 0 aliphatic heterocycles. The van der Waals surface area contributed by atoms with Crippen molar-refractivity contribution in [1.82, 2.24) is 19.8 Å². The number of imidazole rings is 1. The third kappa shape index (κ3) is 7.12. The van der Waals surface area contributed by atoms with Crippen LogP contribution in [-0.4, -0.2) is 52.0 Å². The van der Waals surface area contributed by atoms with Crippen LogP contribution < -0.4 is 10.1 Å². The number of fused-ring (bicyclic) bond motifs is 1. The summed E-state index contributed by atoms with van der Waals surface area (Å²) in [5.41, 5.74) is 2.48. The molecule has 37 heavy (non-hydrogen) atoms. The lowest BCUT2D eigenvalue weighted by Gasteiger charge is -2.34. The molecule has 0 aliphatic rings. The average Bonchev–Trinajstić information content (AvgIpc) is 3.27. The maximum Gasteiger partial charge on any atom is 0.255 e. The van der Waals surface area contributed by atoms with Crippen LogP contribution in [-0.2, 0) is 17.8 Å². The van der Waals surface area contributed by atoms with E-state index in [0.717, 1.165) is 55.4 Å². The Labute approximate surface area is 221 Å². The minimum Gasteiger partial charge on any atom is -0.496 e. The van der Waals surface area contributed by atoms with Crippen LogP contribution in [0.15, 0.2) is 48.5 Å². The van der Waals surface area contributed by atoms with E-state index in [9.17, 15) is 9.59 Å². The van der Waals surface area contributed by atoms with Crippen LogP contribution in [0, 0.1) is 0 Å². The van der Waals surface area contributed by atoms with Gasteiger partial charge in [-0.15, -0.1) is 0 Å². The number of nitrogens with one attached hydrogen (secondary N) is 1. The second-order valence-corrected chi connectivity index (χ2v) is 9.69. The fraction of sp³-hybridized carbons (Fsp3) is 0.500. The zero-order valence-electron chi connectivity index (χ0n) is 23.0. The second-order valence-electron chi connectivity index (χ2n) is 9.69. The molecule has 2 aromatic carbocycles. The number of carbonyl (C=O) groups is 2. The van der Waals surface area contributed by atoms with Gasteiger partial charge in [-0.05, 0) is 63.8 Å². The fourth-order valence-corrected chi connectivity index (χ4v) is 4.74. The highest BCUT2D eigenvalue weighted by Gasteiger charge is 2.25. The van der Waals surface area contributed by atoms with Gasteiger partial charge in [-0.3, -0.25) is 9.59 Å². The number of aromatic nitrogens is 2. The van der Waals surface area contributed by atoms with E-state index in [1.54, 1.807) is 19.2 Å². The predicted octanol–water partition coefficient (Wildman–Crippen LogP) is 5.61. The minimum absolute atomic E-state index is 0.120. The van der Waals surface area contributed by atoms with Gasteiger partial charge in [-0.2, -0.15) is 0 Å². The molecule has 7 heteroatoms. The smallest absolute Gasteiger partial charge is 0.255 e. The highest BCUT2D eigenvalue weighted by molar-refractivity contribution is 5.96. The van der Waals surface area contributed by atoms with Crippen molar-refractivity contribution in [3.63, 3.8) is 0 Å². The third-order valence-electron chi connectivity index (χ3n) is 7.16. The molecule has 0 bridgehead atoms. The number of hydrogen-bond acceptors (Lipinski definition) is 4. The van der Waals surface area contributed by atoms with E-state index in [0.29, 0.717) is 24.4 Å². The number of amides is 2. The first kappa shape index (κ1) is 28.2. The van der Waals surface area contributed by atoms with Gasteiger partial charge in [0.25, 0.3) is 5.91 Å². The third-order valence-corrected chi connectivity index (χ3v) is 7.16. The Morgan fingerprint density at radius 3 is 2.35 bits per heavy atom. The summed E-state index contributed by atoms with van der Waals surface area (Å²) in [6, 6.07) is 15.7. The molecular weight excluding hydrogens is 464 g/mol. The van der Waals surface area contributed by atoms with Gasteiger partial charge in [0.1, 0.15) is 18.1 Å².